The highest BCUT2D eigenvalue weighted by Gasteiger charge is 1.97. The predicted octanol–water partition coefficient (Wildman–Crippen LogP) is 3.34. The molecule has 0 radical (unpaired) electrons. The first-order valence-electron chi connectivity index (χ1n) is 5.09. The second-order valence-electron chi connectivity index (χ2n) is 3.64. The van der Waals surface area contributed by atoms with Crippen LogP contribution < -0.4 is 4.74 Å². The first-order valence-corrected chi connectivity index (χ1v) is 5.72. The summed E-state index contributed by atoms with van der Waals surface area (Å²) in [5, 5.41) is 0. The summed E-state index contributed by atoms with van der Waals surface area (Å²) in [5.74, 6) is 1.90. The maximum absolute atomic E-state index is 5.56. The van der Waals surface area contributed by atoms with Crippen LogP contribution in [0.25, 0.3) is 0 Å². The molecule has 1 rings (SSSR count). The Morgan fingerprint density at radius 2 is 1.86 bits per heavy atom. The normalized spacial score (nSPS) is 10.6. The lowest BCUT2D eigenvalue weighted by Crippen LogP contribution is -2.05. The Bertz CT molecular complexity index is 254. The largest absolute Gasteiger partial charge is 0.491 e. The Labute approximate surface area is 91.9 Å². The third kappa shape index (κ3) is 4.05. The van der Waals surface area contributed by atoms with Crippen molar-refractivity contribution >= 4 is 12.6 Å². The fourth-order valence-corrected chi connectivity index (χ4v) is 1.45. The summed E-state index contributed by atoms with van der Waals surface area (Å²) in [6.07, 6.45) is 2.48. The van der Waals surface area contributed by atoms with Crippen molar-refractivity contribution in [3.63, 3.8) is 0 Å². The molecule has 0 saturated carbocycles. The van der Waals surface area contributed by atoms with Gasteiger partial charge >= 0.3 is 0 Å². The molecule has 0 atom stereocenters. The lowest BCUT2D eigenvalue weighted by molar-refractivity contribution is 0.242. The zero-order chi connectivity index (χ0) is 10.4. The zero-order valence-electron chi connectivity index (χ0n) is 8.86. The van der Waals surface area contributed by atoms with E-state index in [-0.39, 0.29) is 6.10 Å². The summed E-state index contributed by atoms with van der Waals surface area (Å²) in [7, 11) is 0. The number of ether oxygens (including phenoxy) is 1. The van der Waals surface area contributed by atoms with E-state index < -0.39 is 0 Å². The molecule has 0 bridgehead atoms. The molecule has 14 heavy (non-hydrogen) atoms. The van der Waals surface area contributed by atoms with Gasteiger partial charge in [-0.1, -0.05) is 12.1 Å². The lowest BCUT2D eigenvalue weighted by atomic mass is 10.1. The van der Waals surface area contributed by atoms with Crippen molar-refractivity contribution in [3.8, 4) is 5.75 Å². The molecule has 0 spiro atoms. The average Bonchev–Trinajstić information content (AvgIpc) is 2.16. The van der Waals surface area contributed by atoms with E-state index >= 15 is 0 Å². The van der Waals surface area contributed by atoms with Crippen LogP contribution in [0.4, 0.5) is 0 Å². The van der Waals surface area contributed by atoms with Crippen molar-refractivity contribution < 1.29 is 4.74 Å². The van der Waals surface area contributed by atoms with Crippen LogP contribution in [0.5, 0.6) is 5.75 Å². The van der Waals surface area contributed by atoms with Gasteiger partial charge in [-0.2, -0.15) is 12.6 Å². The minimum Gasteiger partial charge on any atom is -0.491 e. The topological polar surface area (TPSA) is 9.23 Å². The summed E-state index contributed by atoms with van der Waals surface area (Å²) in [6.45, 7) is 4.07. The van der Waals surface area contributed by atoms with Gasteiger partial charge in [-0.3, -0.25) is 0 Å². The van der Waals surface area contributed by atoms with Crippen LogP contribution in [0, 0.1) is 0 Å². The number of thiol groups is 1. The van der Waals surface area contributed by atoms with Gasteiger partial charge in [0.2, 0.25) is 0 Å². The molecule has 2 heteroatoms. The maximum Gasteiger partial charge on any atom is 0.119 e. The van der Waals surface area contributed by atoms with Crippen molar-refractivity contribution in [3.05, 3.63) is 29.8 Å². The SMILES string of the molecule is CC(C)Oc1ccc(CCCS)cc1. The molecular formula is C12H18OS. The quantitative estimate of drug-likeness (QED) is 0.733. The van der Waals surface area contributed by atoms with Gasteiger partial charge < -0.3 is 4.74 Å². The molecule has 0 aliphatic rings. The number of hydrogen-bond acceptors (Lipinski definition) is 2. The number of benzene rings is 1. The van der Waals surface area contributed by atoms with Gasteiger partial charge in [0.25, 0.3) is 0 Å². The van der Waals surface area contributed by atoms with Crippen molar-refractivity contribution in [1.82, 2.24) is 0 Å². The monoisotopic (exact) mass is 210 g/mol. The van der Waals surface area contributed by atoms with E-state index in [0.29, 0.717) is 0 Å². The summed E-state index contributed by atoms with van der Waals surface area (Å²) in [4.78, 5) is 0. The van der Waals surface area contributed by atoms with Crippen LogP contribution in [0.15, 0.2) is 24.3 Å². The third-order valence-electron chi connectivity index (χ3n) is 1.92. The van der Waals surface area contributed by atoms with E-state index in [2.05, 4.69) is 24.8 Å². The molecule has 0 heterocycles. The van der Waals surface area contributed by atoms with Gasteiger partial charge in [-0.25, -0.2) is 0 Å². The van der Waals surface area contributed by atoms with E-state index in [4.69, 9.17) is 4.74 Å². The fourth-order valence-electron chi connectivity index (χ4n) is 1.29. The second-order valence-corrected chi connectivity index (χ2v) is 4.08. The van der Waals surface area contributed by atoms with Crippen LogP contribution in [0.3, 0.4) is 0 Å². The standard InChI is InChI=1S/C12H18OS/c1-10(2)13-12-7-5-11(6-8-12)4-3-9-14/h5-8,10,14H,3-4,9H2,1-2H3. The van der Waals surface area contributed by atoms with E-state index in [1.165, 1.54) is 5.56 Å². The Morgan fingerprint density at radius 3 is 2.36 bits per heavy atom. The van der Waals surface area contributed by atoms with Crippen molar-refractivity contribution in [2.75, 3.05) is 5.75 Å². The van der Waals surface area contributed by atoms with E-state index in [1.807, 2.05) is 26.0 Å². The Hall–Kier alpha value is -0.630. The molecule has 78 valence electrons. The number of rotatable bonds is 5. The molecule has 0 saturated heterocycles. The molecule has 1 nitrogen and oxygen atoms in total. The van der Waals surface area contributed by atoms with E-state index in [1.54, 1.807) is 0 Å². The number of aryl methyl sites for hydroxylation is 1. The zero-order valence-corrected chi connectivity index (χ0v) is 9.76. The highest BCUT2D eigenvalue weighted by atomic mass is 32.1. The summed E-state index contributed by atoms with van der Waals surface area (Å²) in [6, 6.07) is 8.32. The van der Waals surface area contributed by atoms with Crippen LogP contribution in [0.1, 0.15) is 25.8 Å². The molecule has 0 fully saturated rings. The van der Waals surface area contributed by atoms with E-state index in [0.717, 1.165) is 24.3 Å². The van der Waals surface area contributed by atoms with Crippen molar-refractivity contribution in [2.24, 2.45) is 0 Å². The van der Waals surface area contributed by atoms with Gasteiger partial charge in [-0.15, -0.1) is 0 Å². The molecule has 1 aromatic rings. The summed E-state index contributed by atoms with van der Waals surface area (Å²) >= 11 is 4.19. The summed E-state index contributed by atoms with van der Waals surface area (Å²) < 4.78 is 5.56. The first kappa shape index (κ1) is 11.4. The first-order chi connectivity index (χ1) is 6.72. The Morgan fingerprint density at radius 1 is 1.21 bits per heavy atom. The second kappa shape index (κ2) is 5.97. The highest BCUT2D eigenvalue weighted by Crippen LogP contribution is 2.14. The predicted molar refractivity (Wildman–Crippen MR) is 64.4 cm³/mol. The molecule has 0 amide bonds. The van der Waals surface area contributed by atoms with Gasteiger partial charge in [0.1, 0.15) is 5.75 Å². The summed E-state index contributed by atoms with van der Waals surface area (Å²) in [5.41, 5.74) is 1.36. The van der Waals surface area contributed by atoms with Crippen LogP contribution >= 0.6 is 12.6 Å². The van der Waals surface area contributed by atoms with Crippen LogP contribution in [0.2, 0.25) is 0 Å². The molecule has 1 aromatic carbocycles. The molecule has 0 aliphatic heterocycles. The Kier molecular flexibility index (Phi) is 4.88. The van der Waals surface area contributed by atoms with Crippen molar-refractivity contribution in [2.45, 2.75) is 32.8 Å². The average molecular weight is 210 g/mol. The van der Waals surface area contributed by atoms with E-state index in [9.17, 15) is 0 Å². The molecule has 0 aliphatic carbocycles. The molecule has 0 aromatic heterocycles. The van der Waals surface area contributed by atoms with Gasteiger partial charge in [-0.05, 0) is 50.1 Å². The lowest BCUT2D eigenvalue weighted by Gasteiger charge is -2.09. The minimum atomic E-state index is 0.248. The maximum atomic E-state index is 5.56. The van der Waals surface area contributed by atoms with Crippen LogP contribution in [-0.2, 0) is 6.42 Å². The smallest absolute Gasteiger partial charge is 0.119 e. The fraction of sp³-hybridized carbons (Fsp3) is 0.500. The third-order valence-corrected chi connectivity index (χ3v) is 2.23. The molecule has 0 N–H and O–H groups in total. The van der Waals surface area contributed by atoms with Crippen molar-refractivity contribution in [1.29, 1.82) is 0 Å². The molecule has 0 unspecified atom stereocenters. The van der Waals surface area contributed by atoms with Gasteiger partial charge in [0, 0.05) is 0 Å². The Balaban J connectivity index is 2.50. The highest BCUT2D eigenvalue weighted by molar-refractivity contribution is 7.80. The van der Waals surface area contributed by atoms with Gasteiger partial charge in [0.05, 0.1) is 6.10 Å². The van der Waals surface area contributed by atoms with Gasteiger partial charge in [0.15, 0.2) is 0 Å². The van der Waals surface area contributed by atoms with Crippen LogP contribution in [-0.4, -0.2) is 11.9 Å². The minimum absolute atomic E-state index is 0.248. The molecular weight excluding hydrogens is 192 g/mol. The number of hydrogen-bond donors (Lipinski definition) is 1.